The van der Waals surface area contributed by atoms with E-state index in [0.717, 1.165) is 51.8 Å². The van der Waals surface area contributed by atoms with Gasteiger partial charge in [0.1, 0.15) is 0 Å². The van der Waals surface area contributed by atoms with Gasteiger partial charge in [-0.2, -0.15) is 0 Å². The number of hydrogen-bond acceptors (Lipinski definition) is 6. The topological polar surface area (TPSA) is 82.3 Å². The molecule has 22 heteroatoms. The molecular weight excluding hydrogens is 1090 g/mol. The van der Waals surface area contributed by atoms with E-state index in [1.54, 1.807) is 31.0 Å². The zero-order chi connectivity index (χ0) is 51.7. The van der Waals surface area contributed by atoms with Crippen LogP contribution in [0.5, 0.6) is 0 Å². The van der Waals surface area contributed by atoms with Crippen LogP contribution in [0.1, 0.15) is 43.7 Å². The molecule has 72 heavy (non-hydrogen) atoms. The third-order valence-electron chi connectivity index (χ3n) is 9.23. The van der Waals surface area contributed by atoms with E-state index in [9.17, 15) is 50.4 Å². The maximum Gasteiger partial charge on any atom is 2.00 e. The zero-order valence-corrected chi connectivity index (χ0v) is 41.3. The number of aryl methyl sites for hydroxylation is 1. The van der Waals surface area contributed by atoms with Crippen LogP contribution >= 0.6 is 15.6 Å². The predicted molar refractivity (Wildman–Crippen MR) is 259 cm³/mol. The second-order valence-corrected chi connectivity index (χ2v) is 19.0. The Labute approximate surface area is 419 Å². The van der Waals surface area contributed by atoms with E-state index in [4.69, 9.17) is 0 Å². The first-order chi connectivity index (χ1) is 33.2. The summed E-state index contributed by atoms with van der Waals surface area (Å²) >= 11 is 0. The van der Waals surface area contributed by atoms with Gasteiger partial charge in [-0.05, 0) is 103 Å². The SMILES string of the molecule is CCCCCCn1c2ccccc2c2cc(C#Cc3ccc(-c4ccccn4)nc3)ccc21.F[P-](F)(F)(F)(F)F.F[P-](F)(F)(F)(F)F.[Ru+2].c1ccc(-c2ccccn2)nc1.c1ccc(-c2ccccn2)nc1. The van der Waals surface area contributed by atoms with Crippen molar-refractivity contribution in [2.24, 2.45) is 0 Å². The molecule has 0 saturated carbocycles. The van der Waals surface area contributed by atoms with Gasteiger partial charge in [-0.25, -0.2) is 0 Å². The molecule has 7 aromatic heterocycles. The monoisotopic (exact) mass is 1130 g/mol. The Morgan fingerprint density at radius 1 is 0.389 bits per heavy atom. The summed E-state index contributed by atoms with van der Waals surface area (Å²) < 4.78 is 121. The Morgan fingerprint density at radius 2 is 0.750 bits per heavy atom. The number of unbranched alkanes of at least 4 members (excludes halogenated alkanes) is 3. The summed E-state index contributed by atoms with van der Waals surface area (Å²) in [5.74, 6) is 6.60. The molecule has 380 valence electrons. The summed E-state index contributed by atoms with van der Waals surface area (Å²) in [5, 5.41) is 2.57. The summed E-state index contributed by atoms with van der Waals surface area (Å²) in [4.78, 5) is 25.6. The molecule has 2 aromatic carbocycles. The minimum atomic E-state index is -10.7. The van der Waals surface area contributed by atoms with Crippen LogP contribution in [0, 0.1) is 11.8 Å². The average Bonchev–Trinajstić information content (AvgIpc) is 3.65. The summed E-state index contributed by atoms with van der Waals surface area (Å²) in [6.45, 7) is 3.32. The molecule has 0 aliphatic carbocycles. The van der Waals surface area contributed by atoms with E-state index in [1.807, 2.05) is 109 Å². The van der Waals surface area contributed by atoms with Crippen LogP contribution in [0.25, 0.3) is 56.0 Å². The fourth-order valence-electron chi connectivity index (χ4n) is 6.40. The van der Waals surface area contributed by atoms with E-state index in [1.165, 1.54) is 47.5 Å². The third kappa shape index (κ3) is 23.5. The summed E-state index contributed by atoms with van der Waals surface area (Å²) in [6, 6.07) is 48.3. The molecule has 0 N–H and O–H groups in total. The van der Waals surface area contributed by atoms with Crippen molar-refractivity contribution in [1.82, 2.24) is 34.5 Å². The normalized spacial score (nSPS) is 12.7. The number of halogens is 12. The van der Waals surface area contributed by atoms with Crippen LogP contribution < -0.4 is 0 Å². The summed E-state index contributed by atoms with van der Waals surface area (Å²) in [5.41, 5.74) is 9.90. The van der Waals surface area contributed by atoms with Crippen molar-refractivity contribution >= 4 is 37.4 Å². The largest absolute Gasteiger partial charge is 2.00 e. The van der Waals surface area contributed by atoms with E-state index < -0.39 is 15.6 Å². The molecular formula is C50H43F12N7P2Ru. The quantitative estimate of drug-likeness (QED) is 0.0496. The van der Waals surface area contributed by atoms with Gasteiger partial charge in [-0.3, -0.25) is 29.9 Å². The van der Waals surface area contributed by atoms with Gasteiger partial charge in [0.25, 0.3) is 0 Å². The van der Waals surface area contributed by atoms with Crippen LogP contribution in [0.4, 0.5) is 50.4 Å². The Balaban J connectivity index is 0.000000235. The number of para-hydroxylation sites is 1. The standard InChI is InChI=1S/C30H27N3.2C10H8N2.2F6P.Ru/c1-2-3-4-9-20-33-29-12-6-5-10-25(29)26-21-23(16-18-30(26)33)13-14-24-15-17-28(32-22-24)27-11-7-8-19-31-27;2*1-3-7-11-9(5-1)10-6-2-4-8-12-10;2*1-7(2,3,4,5)6;/h5-8,10-12,15-19,21-22H,2-4,9,20H2,1H3;2*1-8H;;;/q;;;2*-1;+2. The fraction of sp³-hybridized carbons (Fsp3) is 0.120. The molecule has 7 heterocycles. The van der Waals surface area contributed by atoms with Crippen molar-refractivity contribution in [3.05, 3.63) is 194 Å². The van der Waals surface area contributed by atoms with Crippen molar-refractivity contribution in [3.63, 3.8) is 0 Å². The maximum absolute atomic E-state index is 10.7. The van der Waals surface area contributed by atoms with Crippen LogP contribution in [-0.2, 0) is 26.0 Å². The maximum atomic E-state index is 9.87. The minimum Gasteiger partial charge on any atom is -0.255 e. The smallest absolute Gasteiger partial charge is 0.255 e. The van der Waals surface area contributed by atoms with Crippen molar-refractivity contribution in [1.29, 1.82) is 0 Å². The first-order valence-electron chi connectivity index (χ1n) is 21.3. The van der Waals surface area contributed by atoms with E-state index in [-0.39, 0.29) is 19.5 Å². The van der Waals surface area contributed by atoms with Gasteiger partial charge < -0.3 is 4.57 Å². The molecule has 7 nitrogen and oxygen atoms in total. The second-order valence-electron chi connectivity index (χ2n) is 15.1. The Bertz CT molecular complexity index is 2950. The fourth-order valence-corrected chi connectivity index (χ4v) is 6.40. The molecule has 0 bridgehead atoms. The van der Waals surface area contributed by atoms with Crippen molar-refractivity contribution in [3.8, 4) is 46.0 Å². The number of nitrogens with zero attached hydrogens (tertiary/aromatic N) is 7. The summed E-state index contributed by atoms with van der Waals surface area (Å²) in [7, 11) is -21.3. The van der Waals surface area contributed by atoms with Gasteiger partial charge >= 0.3 is 85.5 Å². The minimum absolute atomic E-state index is 0. The summed E-state index contributed by atoms with van der Waals surface area (Å²) in [6.07, 6.45) is 15.7. The van der Waals surface area contributed by atoms with E-state index in [2.05, 4.69) is 95.7 Å². The zero-order valence-electron chi connectivity index (χ0n) is 37.8. The Kier molecular flexibility index (Phi) is 18.7. The van der Waals surface area contributed by atoms with Gasteiger partial charge in [0.15, 0.2) is 0 Å². The van der Waals surface area contributed by atoms with Gasteiger partial charge in [-0.15, -0.1) is 0 Å². The molecule has 0 unspecified atom stereocenters. The molecule has 0 saturated heterocycles. The molecule has 0 spiro atoms. The number of aromatic nitrogens is 7. The van der Waals surface area contributed by atoms with E-state index >= 15 is 0 Å². The third-order valence-corrected chi connectivity index (χ3v) is 9.23. The van der Waals surface area contributed by atoms with Crippen LogP contribution in [0.2, 0.25) is 0 Å². The number of benzene rings is 2. The molecule has 0 fully saturated rings. The molecule has 9 rings (SSSR count). The molecule has 0 radical (unpaired) electrons. The molecule has 9 aromatic rings. The van der Waals surface area contributed by atoms with E-state index in [0.29, 0.717) is 0 Å². The first-order valence-corrected chi connectivity index (χ1v) is 25.4. The molecule has 0 atom stereocenters. The Morgan fingerprint density at radius 3 is 1.12 bits per heavy atom. The van der Waals surface area contributed by atoms with Crippen molar-refractivity contribution < 1.29 is 69.8 Å². The van der Waals surface area contributed by atoms with Crippen molar-refractivity contribution in [2.45, 2.75) is 39.2 Å². The van der Waals surface area contributed by atoms with Crippen molar-refractivity contribution in [2.75, 3.05) is 0 Å². The number of pyridine rings is 6. The second kappa shape index (κ2) is 23.3. The van der Waals surface area contributed by atoms with Crippen LogP contribution in [0.3, 0.4) is 0 Å². The van der Waals surface area contributed by atoms with Gasteiger partial charge in [0.05, 0.1) is 34.2 Å². The van der Waals surface area contributed by atoms with Gasteiger partial charge in [-0.1, -0.05) is 86.6 Å². The van der Waals surface area contributed by atoms with Crippen LogP contribution in [-0.4, -0.2) is 34.5 Å². The number of rotatable bonds is 8. The van der Waals surface area contributed by atoms with Gasteiger partial charge in [0, 0.05) is 76.7 Å². The molecule has 0 aliphatic rings. The number of fused-ring (bicyclic) bond motifs is 3. The Hall–Kier alpha value is -6.66. The predicted octanol–water partition coefficient (Wildman–Crippen LogP) is 18.3. The first kappa shape index (κ1) is 57.9. The molecule has 0 aliphatic heterocycles. The number of hydrogen-bond donors (Lipinski definition) is 0. The van der Waals surface area contributed by atoms with Crippen LogP contribution in [0.15, 0.2) is 183 Å². The molecule has 0 amide bonds. The average molecular weight is 1130 g/mol. The van der Waals surface area contributed by atoms with Gasteiger partial charge in [0.2, 0.25) is 0 Å².